The quantitative estimate of drug-likeness (QED) is 0.449. The van der Waals surface area contributed by atoms with Gasteiger partial charge >= 0.3 is 0 Å². The molecule has 0 aliphatic rings. The van der Waals surface area contributed by atoms with Crippen LogP contribution in [0.1, 0.15) is 13.3 Å². The van der Waals surface area contributed by atoms with E-state index in [1.54, 1.807) is 14.0 Å². The summed E-state index contributed by atoms with van der Waals surface area (Å²) in [5.74, 6) is -0.0467. The number of carbonyl (C=O) groups excluding carboxylic acids is 1. The van der Waals surface area contributed by atoms with E-state index in [2.05, 4.69) is 10.6 Å². The fourth-order valence-electron chi connectivity index (χ4n) is 0.955. The van der Waals surface area contributed by atoms with Crippen molar-refractivity contribution in [3.8, 4) is 0 Å². The standard InChI is InChI=1S/C9H20N2O3/c1-8(10-5-6-12)9(13)11-4-3-7-14-2/h8,10,12H,3-7H2,1-2H3,(H,11,13). The highest BCUT2D eigenvalue weighted by Crippen LogP contribution is 1.83. The lowest BCUT2D eigenvalue weighted by Gasteiger charge is -2.12. The average Bonchev–Trinajstić information content (AvgIpc) is 2.20. The van der Waals surface area contributed by atoms with Crippen LogP contribution in [0.25, 0.3) is 0 Å². The average molecular weight is 204 g/mol. The molecule has 14 heavy (non-hydrogen) atoms. The first-order valence-corrected chi connectivity index (χ1v) is 4.83. The van der Waals surface area contributed by atoms with Crippen LogP contribution in [0.4, 0.5) is 0 Å². The predicted molar refractivity (Wildman–Crippen MR) is 54.1 cm³/mol. The summed E-state index contributed by atoms with van der Waals surface area (Å²) < 4.78 is 4.85. The molecular weight excluding hydrogens is 184 g/mol. The van der Waals surface area contributed by atoms with Crippen molar-refractivity contribution >= 4 is 5.91 Å². The monoisotopic (exact) mass is 204 g/mol. The third kappa shape index (κ3) is 6.82. The van der Waals surface area contributed by atoms with E-state index in [1.165, 1.54) is 0 Å². The Morgan fingerprint density at radius 3 is 2.79 bits per heavy atom. The molecule has 0 rings (SSSR count). The van der Waals surface area contributed by atoms with Gasteiger partial charge in [0.2, 0.25) is 5.91 Å². The summed E-state index contributed by atoms with van der Waals surface area (Å²) in [6.45, 7) is 3.52. The SMILES string of the molecule is COCCCNC(=O)C(C)NCCO. The Morgan fingerprint density at radius 1 is 1.50 bits per heavy atom. The number of carbonyl (C=O) groups is 1. The van der Waals surface area contributed by atoms with Gasteiger partial charge in [0.25, 0.3) is 0 Å². The van der Waals surface area contributed by atoms with E-state index in [9.17, 15) is 4.79 Å². The molecule has 1 unspecified atom stereocenters. The molecule has 5 heteroatoms. The molecule has 0 aliphatic carbocycles. The normalized spacial score (nSPS) is 12.5. The van der Waals surface area contributed by atoms with Crippen molar-refractivity contribution in [2.24, 2.45) is 0 Å². The highest BCUT2D eigenvalue weighted by atomic mass is 16.5. The first-order chi connectivity index (χ1) is 6.72. The Kier molecular flexibility index (Phi) is 8.51. The molecule has 1 amide bonds. The predicted octanol–water partition coefficient (Wildman–Crippen LogP) is -0.890. The van der Waals surface area contributed by atoms with Gasteiger partial charge in [-0.05, 0) is 13.3 Å². The zero-order chi connectivity index (χ0) is 10.8. The summed E-state index contributed by atoms with van der Waals surface area (Å²) in [5.41, 5.74) is 0. The van der Waals surface area contributed by atoms with Crippen molar-refractivity contribution in [1.82, 2.24) is 10.6 Å². The Hall–Kier alpha value is -0.650. The van der Waals surface area contributed by atoms with Crippen molar-refractivity contribution in [1.29, 1.82) is 0 Å². The highest BCUT2D eigenvalue weighted by Gasteiger charge is 2.09. The Bertz CT molecular complexity index is 153. The van der Waals surface area contributed by atoms with Crippen LogP contribution in [0.5, 0.6) is 0 Å². The molecule has 0 heterocycles. The molecule has 0 aromatic heterocycles. The number of amides is 1. The van der Waals surface area contributed by atoms with Crippen LogP contribution in [0.2, 0.25) is 0 Å². The van der Waals surface area contributed by atoms with Gasteiger partial charge in [0.15, 0.2) is 0 Å². The maximum atomic E-state index is 11.3. The first kappa shape index (κ1) is 13.4. The molecule has 0 spiro atoms. The van der Waals surface area contributed by atoms with E-state index < -0.39 is 0 Å². The van der Waals surface area contributed by atoms with Gasteiger partial charge in [0.1, 0.15) is 0 Å². The summed E-state index contributed by atoms with van der Waals surface area (Å²) in [5, 5.41) is 14.2. The van der Waals surface area contributed by atoms with Crippen molar-refractivity contribution in [3.05, 3.63) is 0 Å². The molecule has 0 aromatic carbocycles. The number of methoxy groups -OCH3 is 1. The van der Waals surface area contributed by atoms with Gasteiger partial charge in [-0.25, -0.2) is 0 Å². The molecule has 1 atom stereocenters. The Labute approximate surface area is 84.8 Å². The van der Waals surface area contributed by atoms with Crippen molar-refractivity contribution in [2.75, 3.05) is 33.4 Å². The van der Waals surface area contributed by atoms with Gasteiger partial charge in [-0.2, -0.15) is 0 Å². The molecular formula is C9H20N2O3. The van der Waals surface area contributed by atoms with Gasteiger partial charge in [-0.1, -0.05) is 0 Å². The summed E-state index contributed by atoms with van der Waals surface area (Å²) in [4.78, 5) is 11.3. The van der Waals surface area contributed by atoms with E-state index in [1.807, 2.05) is 0 Å². The van der Waals surface area contributed by atoms with E-state index in [4.69, 9.17) is 9.84 Å². The lowest BCUT2D eigenvalue weighted by Crippen LogP contribution is -2.43. The Morgan fingerprint density at radius 2 is 2.21 bits per heavy atom. The molecule has 0 radical (unpaired) electrons. The van der Waals surface area contributed by atoms with Gasteiger partial charge in [-0.15, -0.1) is 0 Å². The van der Waals surface area contributed by atoms with Crippen LogP contribution in [0.3, 0.4) is 0 Å². The maximum absolute atomic E-state index is 11.3. The number of aliphatic hydroxyl groups excluding tert-OH is 1. The molecule has 0 saturated carbocycles. The van der Waals surface area contributed by atoms with Crippen LogP contribution in [-0.2, 0) is 9.53 Å². The number of aliphatic hydroxyl groups is 1. The number of hydrogen-bond acceptors (Lipinski definition) is 4. The molecule has 84 valence electrons. The summed E-state index contributed by atoms with van der Waals surface area (Å²) in [6.07, 6.45) is 0.814. The molecule has 0 saturated heterocycles. The van der Waals surface area contributed by atoms with Crippen LogP contribution in [-0.4, -0.2) is 50.5 Å². The number of ether oxygens (including phenoxy) is 1. The minimum atomic E-state index is -0.260. The lowest BCUT2D eigenvalue weighted by molar-refractivity contribution is -0.122. The lowest BCUT2D eigenvalue weighted by atomic mass is 10.3. The number of nitrogens with one attached hydrogen (secondary N) is 2. The third-order valence-corrected chi connectivity index (χ3v) is 1.78. The van der Waals surface area contributed by atoms with E-state index >= 15 is 0 Å². The second-order valence-electron chi connectivity index (χ2n) is 3.04. The van der Waals surface area contributed by atoms with Crippen LogP contribution in [0.15, 0.2) is 0 Å². The molecule has 0 bridgehead atoms. The second kappa shape index (κ2) is 8.93. The number of rotatable bonds is 8. The van der Waals surface area contributed by atoms with Crippen LogP contribution >= 0.6 is 0 Å². The van der Waals surface area contributed by atoms with Crippen LogP contribution < -0.4 is 10.6 Å². The first-order valence-electron chi connectivity index (χ1n) is 4.83. The molecule has 3 N–H and O–H groups in total. The zero-order valence-corrected chi connectivity index (χ0v) is 8.88. The van der Waals surface area contributed by atoms with Crippen molar-refractivity contribution < 1.29 is 14.6 Å². The van der Waals surface area contributed by atoms with Crippen molar-refractivity contribution in [3.63, 3.8) is 0 Å². The van der Waals surface area contributed by atoms with Gasteiger partial charge in [-0.3, -0.25) is 4.79 Å². The second-order valence-corrected chi connectivity index (χ2v) is 3.04. The maximum Gasteiger partial charge on any atom is 0.236 e. The number of hydrogen-bond donors (Lipinski definition) is 3. The van der Waals surface area contributed by atoms with E-state index in [0.717, 1.165) is 6.42 Å². The van der Waals surface area contributed by atoms with Gasteiger partial charge in [0.05, 0.1) is 12.6 Å². The topological polar surface area (TPSA) is 70.6 Å². The summed E-state index contributed by atoms with van der Waals surface area (Å²) >= 11 is 0. The van der Waals surface area contributed by atoms with Gasteiger partial charge in [0, 0.05) is 26.8 Å². The zero-order valence-electron chi connectivity index (χ0n) is 8.88. The minimum Gasteiger partial charge on any atom is -0.395 e. The fourth-order valence-corrected chi connectivity index (χ4v) is 0.955. The van der Waals surface area contributed by atoms with Gasteiger partial charge < -0.3 is 20.5 Å². The smallest absolute Gasteiger partial charge is 0.236 e. The van der Waals surface area contributed by atoms with E-state index in [0.29, 0.717) is 19.7 Å². The van der Waals surface area contributed by atoms with Crippen LogP contribution in [0, 0.1) is 0 Å². The molecule has 0 aliphatic heterocycles. The third-order valence-electron chi connectivity index (χ3n) is 1.78. The molecule has 0 fully saturated rings. The Balaban J connectivity index is 3.42. The highest BCUT2D eigenvalue weighted by molar-refractivity contribution is 5.81. The summed E-state index contributed by atoms with van der Waals surface area (Å²) in [7, 11) is 1.63. The minimum absolute atomic E-state index is 0.0430. The van der Waals surface area contributed by atoms with E-state index in [-0.39, 0.29) is 18.6 Å². The summed E-state index contributed by atoms with van der Waals surface area (Å²) in [6, 6.07) is -0.260. The molecule has 5 nitrogen and oxygen atoms in total. The largest absolute Gasteiger partial charge is 0.395 e. The molecule has 0 aromatic rings. The van der Waals surface area contributed by atoms with Crippen molar-refractivity contribution in [2.45, 2.75) is 19.4 Å². The fraction of sp³-hybridized carbons (Fsp3) is 0.889.